The van der Waals surface area contributed by atoms with Gasteiger partial charge in [-0.15, -0.1) is 0 Å². The molecule has 0 radical (unpaired) electrons. The first-order chi connectivity index (χ1) is 10.1. The van der Waals surface area contributed by atoms with Crippen molar-refractivity contribution in [2.75, 3.05) is 7.11 Å². The second-order valence-corrected chi connectivity index (χ2v) is 4.09. The summed E-state index contributed by atoms with van der Waals surface area (Å²) in [5.41, 5.74) is 0.0965. The molecule has 108 valence electrons. The van der Waals surface area contributed by atoms with Crippen LogP contribution >= 0.6 is 0 Å². The number of carboxylic acid groups (broad SMARTS) is 2. The molecule has 2 rings (SSSR count). The van der Waals surface area contributed by atoms with Gasteiger partial charge in [-0.3, -0.25) is 0 Å². The Hall–Kier alpha value is -2.86. The Bertz CT molecular complexity index is 678. The standard InChI is InChI=1S/C15H12O6/c1-20-21-11-8-7-10(9-5-3-2-4-6-9)12(14(16)17)13(11)15(18)19/h2-8H,1H3,(H,16,17)(H,18,19). The summed E-state index contributed by atoms with van der Waals surface area (Å²) >= 11 is 0. The number of rotatable bonds is 5. The van der Waals surface area contributed by atoms with Crippen molar-refractivity contribution >= 4 is 11.9 Å². The largest absolute Gasteiger partial charge is 0.478 e. The summed E-state index contributed by atoms with van der Waals surface area (Å²) in [5.74, 6) is -2.92. The van der Waals surface area contributed by atoms with E-state index in [2.05, 4.69) is 4.89 Å². The maximum atomic E-state index is 11.5. The fraction of sp³-hybridized carbons (Fsp3) is 0.0667. The predicted octanol–water partition coefficient (Wildman–Crippen LogP) is 2.69. The molecule has 2 aromatic carbocycles. The van der Waals surface area contributed by atoms with E-state index in [-0.39, 0.29) is 11.3 Å². The monoisotopic (exact) mass is 288 g/mol. The lowest BCUT2D eigenvalue weighted by molar-refractivity contribution is -0.178. The van der Waals surface area contributed by atoms with Gasteiger partial charge in [0.25, 0.3) is 0 Å². The van der Waals surface area contributed by atoms with Crippen LogP contribution in [0.2, 0.25) is 0 Å². The molecule has 0 aromatic heterocycles. The average Bonchev–Trinajstić information content (AvgIpc) is 2.47. The molecule has 2 aromatic rings. The molecule has 0 aliphatic heterocycles. The molecule has 6 heteroatoms. The second kappa shape index (κ2) is 6.06. The minimum atomic E-state index is -1.41. The van der Waals surface area contributed by atoms with Crippen molar-refractivity contribution < 1.29 is 29.6 Å². The molecule has 2 N–H and O–H groups in total. The third-order valence-corrected chi connectivity index (χ3v) is 2.85. The Morgan fingerprint density at radius 1 is 0.905 bits per heavy atom. The van der Waals surface area contributed by atoms with E-state index in [1.165, 1.54) is 19.2 Å². The number of benzene rings is 2. The summed E-state index contributed by atoms with van der Waals surface area (Å²) in [5, 5.41) is 18.7. The van der Waals surface area contributed by atoms with Crippen LogP contribution in [0, 0.1) is 0 Å². The van der Waals surface area contributed by atoms with Crippen molar-refractivity contribution in [2.24, 2.45) is 0 Å². The summed E-state index contributed by atoms with van der Waals surface area (Å²) in [6, 6.07) is 11.5. The molecule has 0 atom stereocenters. The average molecular weight is 288 g/mol. The third kappa shape index (κ3) is 2.85. The van der Waals surface area contributed by atoms with Crippen molar-refractivity contribution in [3.8, 4) is 16.9 Å². The number of hydrogen-bond acceptors (Lipinski definition) is 4. The van der Waals surface area contributed by atoms with Crippen molar-refractivity contribution in [1.82, 2.24) is 0 Å². The molecule has 0 heterocycles. The van der Waals surface area contributed by atoms with Crippen LogP contribution < -0.4 is 4.89 Å². The van der Waals surface area contributed by atoms with Gasteiger partial charge in [0.15, 0.2) is 5.75 Å². The zero-order valence-electron chi connectivity index (χ0n) is 11.1. The number of aromatic carboxylic acids is 2. The fourth-order valence-corrected chi connectivity index (χ4v) is 2.04. The van der Waals surface area contributed by atoms with Crippen LogP contribution in [0.3, 0.4) is 0 Å². The van der Waals surface area contributed by atoms with Gasteiger partial charge in [-0.05, 0) is 23.3 Å². The van der Waals surface area contributed by atoms with E-state index in [0.29, 0.717) is 11.1 Å². The predicted molar refractivity (Wildman–Crippen MR) is 73.4 cm³/mol. The van der Waals surface area contributed by atoms with Crippen molar-refractivity contribution in [3.63, 3.8) is 0 Å². The van der Waals surface area contributed by atoms with Crippen molar-refractivity contribution in [2.45, 2.75) is 0 Å². The molecule has 0 unspecified atom stereocenters. The quantitative estimate of drug-likeness (QED) is 0.649. The smallest absolute Gasteiger partial charge is 0.340 e. The third-order valence-electron chi connectivity index (χ3n) is 2.85. The van der Waals surface area contributed by atoms with Gasteiger partial charge in [0.2, 0.25) is 0 Å². The van der Waals surface area contributed by atoms with E-state index >= 15 is 0 Å². The van der Waals surface area contributed by atoms with Crippen LogP contribution in [-0.2, 0) is 4.89 Å². The summed E-state index contributed by atoms with van der Waals surface area (Å²) in [4.78, 5) is 32.1. The van der Waals surface area contributed by atoms with Crippen LogP contribution in [0.4, 0.5) is 0 Å². The first-order valence-corrected chi connectivity index (χ1v) is 5.96. The number of carbonyl (C=O) groups is 2. The summed E-state index contributed by atoms with van der Waals surface area (Å²) < 4.78 is 0. The lowest BCUT2D eigenvalue weighted by atomic mass is 9.94. The Morgan fingerprint density at radius 2 is 1.52 bits per heavy atom. The molecular weight excluding hydrogens is 276 g/mol. The van der Waals surface area contributed by atoms with Gasteiger partial charge in [-0.2, -0.15) is 4.89 Å². The highest BCUT2D eigenvalue weighted by atomic mass is 17.2. The molecule has 0 aliphatic carbocycles. The van der Waals surface area contributed by atoms with Gasteiger partial charge in [-0.1, -0.05) is 30.3 Å². The van der Waals surface area contributed by atoms with Gasteiger partial charge in [0.05, 0.1) is 12.7 Å². The fourth-order valence-electron chi connectivity index (χ4n) is 2.04. The molecule has 0 saturated heterocycles. The highest BCUT2D eigenvalue weighted by Gasteiger charge is 2.26. The Labute approximate surface area is 120 Å². The zero-order chi connectivity index (χ0) is 15.4. The first kappa shape index (κ1) is 14.5. The highest BCUT2D eigenvalue weighted by molar-refractivity contribution is 6.08. The number of carboxylic acids is 2. The molecule has 0 aliphatic rings. The Morgan fingerprint density at radius 3 is 2.05 bits per heavy atom. The second-order valence-electron chi connectivity index (χ2n) is 4.09. The lowest BCUT2D eigenvalue weighted by Crippen LogP contribution is -2.12. The minimum Gasteiger partial charge on any atom is -0.478 e. The zero-order valence-corrected chi connectivity index (χ0v) is 11.1. The highest BCUT2D eigenvalue weighted by Crippen LogP contribution is 2.32. The number of hydrogen-bond donors (Lipinski definition) is 2. The van der Waals surface area contributed by atoms with E-state index < -0.39 is 17.5 Å². The molecule has 0 saturated carbocycles. The van der Waals surface area contributed by atoms with Gasteiger partial charge in [0.1, 0.15) is 5.56 Å². The van der Waals surface area contributed by atoms with Crippen LogP contribution in [0.5, 0.6) is 5.75 Å². The van der Waals surface area contributed by atoms with E-state index in [4.69, 9.17) is 4.89 Å². The van der Waals surface area contributed by atoms with Crippen molar-refractivity contribution in [1.29, 1.82) is 0 Å². The molecule has 0 bridgehead atoms. The maximum Gasteiger partial charge on any atom is 0.340 e. The molecule has 0 spiro atoms. The van der Waals surface area contributed by atoms with Crippen LogP contribution in [-0.4, -0.2) is 29.3 Å². The molecule has 0 amide bonds. The lowest BCUT2D eigenvalue weighted by Gasteiger charge is -2.12. The molecule has 6 nitrogen and oxygen atoms in total. The van der Waals surface area contributed by atoms with Crippen LogP contribution in [0.1, 0.15) is 20.7 Å². The van der Waals surface area contributed by atoms with E-state index in [1.807, 2.05) is 0 Å². The Kier molecular flexibility index (Phi) is 4.20. The summed E-state index contributed by atoms with van der Waals surface area (Å²) in [7, 11) is 1.21. The SMILES string of the molecule is COOc1ccc(-c2ccccc2)c(C(=O)O)c1C(=O)O. The van der Waals surface area contributed by atoms with E-state index in [9.17, 15) is 19.8 Å². The molecule has 21 heavy (non-hydrogen) atoms. The molecular formula is C15H12O6. The minimum absolute atomic E-state index is 0.165. The van der Waals surface area contributed by atoms with Crippen molar-refractivity contribution in [3.05, 3.63) is 53.6 Å². The molecule has 0 fully saturated rings. The summed E-state index contributed by atoms with van der Waals surface area (Å²) in [6.07, 6.45) is 0. The topological polar surface area (TPSA) is 93.1 Å². The van der Waals surface area contributed by atoms with E-state index in [0.717, 1.165) is 0 Å². The summed E-state index contributed by atoms with van der Waals surface area (Å²) in [6.45, 7) is 0. The Balaban J connectivity index is 2.76. The van der Waals surface area contributed by atoms with Crippen LogP contribution in [0.25, 0.3) is 11.1 Å². The van der Waals surface area contributed by atoms with Gasteiger partial charge in [-0.25, -0.2) is 9.59 Å². The normalized spacial score (nSPS) is 10.1. The van der Waals surface area contributed by atoms with Gasteiger partial charge >= 0.3 is 11.9 Å². The van der Waals surface area contributed by atoms with Crippen LogP contribution in [0.15, 0.2) is 42.5 Å². The van der Waals surface area contributed by atoms with Gasteiger partial charge < -0.3 is 15.1 Å². The van der Waals surface area contributed by atoms with E-state index in [1.54, 1.807) is 30.3 Å². The van der Waals surface area contributed by atoms with Gasteiger partial charge in [0, 0.05) is 0 Å². The maximum absolute atomic E-state index is 11.5. The first-order valence-electron chi connectivity index (χ1n) is 5.96.